The van der Waals surface area contributed by atoms with Crippen molar-refractivity contribution in [2.24, 2.45) is 14.1 Å². The topological polar surface area (TPSA) is 9.86 Å². The maximum atomic E-state index is 2.12. The highest BCUT2D eigenvalue weighted by Crippen LogP contribution is 2.13. The maximum absolute atomic E-state index is 2.12. The van der Waals surface area contributed by atoms with Gasteiger partial charge in [-0.3, -0.25) is 0 Å². The van der Waals surface area contributed by atoms with Gasteiger partial charge in [0.25, 0.3) is 0 Å². The Morgan fingerprint density at radius 3 is 0.875 bits per heavy atom. The monoisotopic (exact) mass is 442 g/mol. The lowest BCUT2D eigenvalue weighted by Gasteiger charge is -1.92. The van der Waals surface area contributed by atoms with Gasteiger partial charge >= 0.3 is 0 Å². The predicted octanol–water partition coefficient (Wildman–Crippen LogP) is 10.5. The normalized spacial score (nSPS) is 7.69. The molecule has 0 N–H and O–H groups in total. The molecule has 2 nitrogen and oxygen atoms in total. The number of hydrogen-bond donors (Lipinski definition) is 0. The summed E-state index contributed by atoms with van der Waals surface area (Å²) in [6, 6.07) is 21.0. The summed E-state index contributed by atoms with van der Waals surface area (Å²) >= 11 is 0. The number of rotatable bonds is 0. The third-order valence-corrected chi connectivity index (χ3v) is 3.59. The minimum absolute atomic E-state index is 1.29. The van der Waals surface area contributed by atoms with Crippen LogP contribution >= 0.6 is 0 Å². The van der Waals surface area contributed by atoms with Crippen molar-refractivity contribution >= 4 is 21.8 Å². The first-order valence-electron chi connectivity index (χ1n) is 12.8. The van der Waals surface area contributed by atoms with Gasteiger partial charge < -0.3 is 9.13 Å². The first kappa shape index (κ1) is 36.9. The molecular weight excluding hydrogens is 388 g/mol. The molecule has 0 unspecified atom stereocenters. The van der Waals surface area contributed by atoms with Gasteiger partial charge in [-0.1, -0.05) is 119 Å². The summed E-state index contributed by atoms with van der Waals surface area (Å²) < 4.78 is 4.24. The van der Waals surface area contributed by atoms with E-state index in [-0.39, 0.29) is 0 Å². The zero-order valence-electron chi connectivity index (χ0n) is 23.8. The summed E-state index contributed by atoms with van der Waals surface area (Å²) in [6.07, 6.45) is 4.15. The second-order valence-corrected chi connectivity index (χ2v) is 4.97. The molecule has 2 aromatic heterocycles. The Morgan fingerprint density at radius 2 is 0.625 bits per heavy atom. The summed E-state index contributed by atoms with van der Waals surface area (Å²) in [5, 5.41) is 2.62. The highest BCUT2D eigenvalue weighted by molar-refractivity contribution is 5.80. The van der Waals surface area contributed by atoms with Gasteiger partial charge in [0.05, 0.1) is 0 Å². The first-order chi connectivity index (χ1) is 15.8. The molecule has 0 amide bonds. The van der Waals surface area contributed by atoms with Crippen LogP contribution in [0.15, 0.2) is 73.1 Å². The molecule has 2 aromatic carbocycles. The predicted molar refractivity (Wildman–Crippen MR) is 154 cm³/mol. The molecule has 0 fully saturated rings. The van der Waals surface area contributed by atoms with Crippen molar-refractivity contribution in [3.8, 4) is 0 Å². The van der Waals surface area contributed by atoms with E-state index in [4.69, 9.17) is 0 Å². The Kier molecular flexibility index (Phi) is 32.9. The van der Waals surface area contributed by atoms with Crippen molar-refractivity contribution in [1.29, 1.82) is 0 Å². The van der Waals surface area contributed by atoms with E-state index in [1.165, 1.54) is 21.8 Å². The van der Waals surface area contributed by atoms with Crippen LogP contribution in [0.4, 0.5) is 0 Å². The number of benzene rings is 2. The third-order valence-electron chi connectivity index (χ3n) is 3.59. The van der Waals surface area contributed by atoms with Crippen LogP contribution in [-0.4, -0.2) is 9.13 Å². The van der Waals surface area contributed by atoms with E-state index in [9.17, 15) is 0 Å². The zero-order valence-corrected chi connectivity index (χ0v) is 23.8. The molecule has 0 aliphatic carbocycles. The van der Waals surface area contributed by atoms with E-state index in [1.54, 1.807) is 0 Å². The van der Waals surface area contributed by atoms with Crippen molar-refractivity contribution in [3.63, 3.8) is 0 Å². The Morgan fingerprint density at radius 1 is 0.375 bits per heavy atom. The maximum Gasteiger partial charge on any atom is 0.0477 e. The molecule has 32 heavy (non-hydrogen) atoms. The molecular formula is C30H54N2. The lowest BCUT2D eigenvalue weighted by atomic mass is 10.2. The number of para-hydroxylation sites is 2. The summed E-state index contributed by atoms with van der Waals surface area (Å²) in [6.45, 7) is 24.0. The SMILES string of the molecule is CC.CC.CC.CC.CC.CC.Cn1ccc2ccccc21.Cn1ccc2ccccc21. The number of hydrogen-bond acceptors (Lipinski definition) is 0. The van der Waals surface area contributed by atoms with E-state index in [2.05, 4.69) is 96.3 Å². The fourth-order valence-corrected chi connectivity index (χ4v) is 2.44. The lowest BCUT2D eigenvalue weighted by Crippen LogP contribution is -1.81. The summed E-state index contributed by atoms with van der Waals surface area (Å²) in [5.74, 6) is 0. The highest BCUT2D eigenvalue weighted by Gasteiger charge is 1.93. The van der Waals surface area contributed by atoms with E-state index in [0.29, 0.717) is 0 Å². The Balaban J connectivity index is -0.000000168. The third kappa shape index (κ3) is 13.7. The van der Waals surface area contributed by atoms with Gasteiger partial charge in [0.2, 0.25) is 0 Å². The van der Waals surface area contributed by atoms with E-state index >= 15 is 0 Å². The molecule has 4 aromatic rings. The molecule has 2 heteroatoms. The molecule has 0 aliphatic rings. The number of aromatic nitrogens is 2. The molecule has 4 rings (SSSR count). The molecule has 184 valence electrons. The largest absolute Gasteiger partial charge is 0.351 e. The van der Waals surface area contributed by atoms with E-state index < -0.39 is 0 Å². The lowest BCUT2D eigenvalue weighted by molar-refractivity contribution is 0.969. The molecule has 0 aliphatic heterocycles. The second-order valence-electron chi connectivity index (χ2n) is 4.97. The molecule has 0 atom stereocenters. The van der Waals surface area contributed by atoms with Crippen LogP contribution in [-0.2, 0) is 14.1 Å². The van der Waals surface area contributed by atoms with Crippen molar-refractivity contribution in [1.82, 2.24) is 9.13 Å². The molecule has 0 saturated heterocycles. The quantitative estimate of drug-likeness (QED) is 0.256. The van der Waals surface area contributed by atoms with E-state index in [0.717, 1.165) is 0 Å². The van der Waals surface area contributed by atoms with Gasteiger partial charge in [-0.25, -0.2) is 0 Å². The number of fused-ring (bicyclic) bond motifs is 2. The molecule has 0 saturated carbocycles. The van der Waals surface area contributed by atoms with Crippen molar-refractivity contribution in [2.45, 2.75) is 83.1 Å². The summed E-state index contributed by atoms with van der Waals surface area (Å²) in [5.41, 5.74) is 2.59. The standard InChI is InChI=1S/2C9H9N.6C2H6/c2*1-10-7-6-8-4-2-3-5-9(8)10;6*1-2/h2*2-7H,1H3;6*1-2H3. The summed E-state index contributed by atoms with van der Waals surface area (Å²) in [4.78, 5) is 0. The fourth-order valence-electron chi connectivity index (χ4n) is 2.44. The summed E-state index contributed by atoms with van der Waals surface area (Å²) in [7, 11) is 4.12. The van der Waals surface area contributed by atoms with Crippen LogP contribution < -0.4 is 0 Å². The second kappa shape index (κ2) is 28.5. The van der Waals surface area contributed by atoms with Crippen LogP contribution in [0, 0.1) is 0 Å². The van der Waals surface area contributed by atoms with Gasteiger partial charge in [0.1, 0.15) is 0 Å². The number of aryl methyl sites for hydroxylation is 2. The average molecular weight is 443 g/mol. The van der Waals surface area contributed by atoms with Crippen molar-refractivity contribution in [3.05, 3.63) is 73.1 Å². The van der Waals surface area contributed by atoms with Crippen molar-refractivity contribution in [2.75, 3.05) is 0 Å². The molecule has 0 spiro atoms. The van der Waals surface area contributed by atoms with Crippen LogP contribution in [0.5, 0.6) is 0 Å². The molecule has 0 bridgehead atoms. The van der Waals surface area contributed by atoms with Gasteiger partial charge in [0.15, 0.2) is 0 Å². The van der Waals surface area contributed by atoms with Gasteiger partial charge in [-0.15, -0.1) is 0 Å². The van der Waals surface area contributed by atoms with Crippen LogP contribution in [0.25, 0.3) is 21.8 Å². The molecule has 0 radical (unpaired) electrons. The minimum Gasteiger partial charge on any atom is -0.351 e. The van der Waals surface area contributed by atoms with Crippen LogP contribution in [0.1, 0.15) is 83.1 Å². The zero-order chi connectivity index (χ0) is 25.9. The Hall–Kier alpha value is -2.48. The Labute approximate surface area is 201 Å². The highest BCUT2D eigenvalue weighted by atomic mass is 14.9. The number of nitrogens with zero attached hydrogens (tertiary/aromatic N) is 2. The minimum atomic E-state index is 1.29. The van der Waals surface area contributed by atoms with Gasteiger partial charge in [-0.05, 0) is 35.0 Å². The molecule has 2 heterocycles. The van der Waals surface area contributed by atoms with Gasteiger partial charge in [-0.2, -0.15) is 0 Å². The smallest absolute Gasteiger partial charge is 0.0477 e. The van der Waals surface area contributed by atoms with Crippen LogP contribution in [0.2, 0.25) is 0 Å². The average Bonchev–Trinajstić information content (AvgIpc) is 3.50. The fraction of sp³-hybridized carbons (Fsp3) is 0.467. The first-order valence-corrected chi connectivity index (χ1v) is 12.8. The van der Waals surface area contributed by atoms with Crippen LogP contribution in [0.3, 0.4) is 0 Å². The Bertz CT molecular complexity index is 766. The van der Waals surface area contributed by atoms with E-state index in [1.807, 2.05) is 83.1 Å². The van der Waals surface area contributed by atoms with Gasteiger partial charge in [0, 0.05) is 37.5 Å². The van der Waals surface area contributed by atoms with Crippen molar-refractivity contribution < 1.29 is 0 Å².